The first-order valence-corrected chi connectivity index (χ1v) is 8.88. The molecule has 1 aliphatic heterocycles. The maximum absolute atomic E-state index is 14.1. The number of benzene rings is 1. The highest BCUT2D eigenvalue weighted by molar-refractivity contribution is 8.00. The quantitative estimate of drug-likeness (QED) is 0.617. The minimum absolute atomic E-state index is 0.394. The van der Waals surface area contributed by atoms with Crippen LogP contribution < -0.4 is 4.90 Å². The van der Waals surface area contributed by atoms with E-state index in [2.05, 4.69) is 5.10 Å². The molecule has 21 heavy (non-hydrogen) atoms. The van der Waals surface area contributed by atoms with Gasteiger partial charge in [-0.2, -0.15) is 5.10 Å². The summed E-state index contributed by atoms with van der Waals surface area (Å²) in [5, 5.41) is 4.40. The fourth-order valence-electron chi connectivity index (χ4n) is 2.50. The molecule has 2 heterocycles. The van der Waals surface area contributed by atoms with Crippen molar-refractivity contribution in [1.29, 1.82) is 0 Å². The van der Waals surface area contributed by atoms with E-state index >= 15 is 0 Å². The molecule has 3 nitrogen and oxygen atoms in total. The number of halogens is 2. The molecule has 0 spiro atoms. The summed E-state index contributed by atoms with van der Waals surface area (Å²) >= 11 is 8.26. The Bertz CT molecular complexity index is 726. The molecule has 1 aliphatic rings. The minimum Gasteiger partial charge on any atom is -0.349 e. The van der Waals surface area contributed by atoms with E-state index in [1.54, 1.807) is 4.68 Å². The Kier molecular flexibility index (Phi) is 4.28. The van der Waals surface area contributed by atoms with Crippen LogP contribution in [0.25, 0.3) is 0 Å². The lowest BCUT2D eigenvalue weighted by molar-refractivity contribution is 0.514. The zero-order valence-electron chi connectivity index (χ0n) is 11.3. The first-order valence-electron chi connectivity index (χ1n) is 6.43. The Morgan fingerprint density at radius 1 is 1.43 bits per heavy atom. The first kappa shape index (κ1) is 14.9. The normalized spacial score (nSPS) is 14.3. The predicted octanol–water partition coefficient (Wildman–Crippen LogP) is 4.08. The first-order chi connectivity index (χ1) is 10.1. The maximum atomic E-state index is 14.1. The van der Waals surface area contributed by atoms with Gasteiger partial charge >= 0.3 is 0 Å². The SMILES string of the molecule is CSc1nn(CN2CCCc3cc(F)cc(F)c32)c(=S)s1. The molecule has 0 atom stereocenters. The molecule has 112 valence electrons. The smallest absolute Gasteiger partial charge is 0.181 e. The van der Waals surface area contributed by atoms with Crippen molar-refractivity contribution >= 4 is 41.0 Å². The number of thioether (sulfide) groups is 1. The van der Waals surface area contributed by atoms with Crippen LogP contribution in [0.5, 0.6) is 0 Å². The van der Waals surface area contributed by atoms with Gasteiger partial charge in [0.05, 0.1) is 5.69 Å². The Hall–Kier alpha value is -0.990. The Morgan fingerprint density at radius 2 is 2.24 bits per heavy atom. The number of rotatable bonds is 3. The lowest BCUT2D eigenvalue weighted by Crippen LogP contribution is -2.33. The number of nitrogens with zero attached hydrogens (tertiary/aromatic N) is 3. The highest BCUT2D eigenvalue weighted by atomic mass is 32.2. The van der Waals surface area contributed by atoms with Gasteiger partial charge in [-0.3, -0.25) is 0 Å². The van der Waals surface area contributed by atoms with Crippen LogP contribution in [0, 0.1) is 15.6 Å². The van der Waals surface area contributed by atoms with Crippen LogP contribution >= 0.6 is 35.3 Å². The molecule has 8 heteroatoms. The molecule has 0 amide bonds. The molecule has 0 radical (unpaired) electrons. The molecular formula is C13H13F2N3S3. The Balaban J connectivity index is 1.95. The van der Waals surface area contributed by atoms with E-state index in [1.165, 1.54) is 29.2 Å². The summed E-state index contributed by atoms with van der Waals surface area (Å²) in [6.07, 6.45) is 3.50. The molecule has 1 aromatic carbocycles. The van der Waals surface area contributed by atoms with E-state index in [0.29, 0.717) is 34.8 Å². The fourth-order valence-corrected chi connectivity index (χ4v) is 4.23. The van der Waals surface area contributed by atoms with Crippen molar-refractivity contribution in [1.82, 2.24) is 9.78 Å². The van der Waals surface area contributed by atoms with Crippen LogP contribution in [0.3, 0.4) is 0 Å². The third-order valence-electron chi connectivity index (χ3n) is 3.36. The molecule has 1 aromatic heterocycles. The van der Waals surface area contributed by atoms with Gasteiger partial charge in [0.1, 0.15) is 18.3 Å². The Morgan fingerprint density at radius 3 is 2.95 bits per heavy atom. The maximum Gasteiger partial charge on any atom is 0.181 e. The monoisotopic (exact) mass is 345 g/mol. The van der Waals surface area contributed by atoms with Crippen LogP contribution in [0.4, 0.5) is 14.5 Å². The van der Waals surface area contributed by atoms with Gasteiger partial charge in [0.25, 0.3) is 0 Å². The molecule has 0 unspecified atom stereocenters. The highest BCUT2D eigenvalue weighted by Crippen LogP contribution is 2.31. The summed E-state index contributed by atoms with van der Waals surface area (Å²) in [7, 11) is 0. The minimum atomic E-state index is -0.525. The van der Waals surface area contributed by atoms with Gasteiger partial charge in [0.2, 0.25) is 0 Å². The summed E-state index contributed by atoms with van der Waals surface area (Å²) in [4.78, 5) is 1.88. The molecule has 3 rings (SSSR count). The molecule has 0 fully saturated rings. The molecule has 0 N–H and O–H groups in total. The predicted molar refractivity (Wildman–Crippen MR) is 84.7 cm³/mol. The van der Waals surface area contributed by atoms with Gasteiger partial charge < -0.3 is 4.90 Å². The molecule has 2 aromatic rings. The number of fused-ring (bicyclic) bond motifs is 1. The summed E-state index contributed by atoms with van der Waals surface area (Å²) < 4.78 is 30.7. The second kappa shape index (κ2) is 6.02. The van der Waals surface area contributed by atoms with E-state index in [-0.39, 0.29) is 0 Å². The van der Waals surface area contributed by atoms with Crippen molar-refractivity contribution < 1.29 is 8.78 Å². The van der Waals surface area contributed by atoms with Gasteiger partial charge in [-0.15, -0.1) is 0 Å². The van der Waals surface area contributed by atoms with E-state index in [4.69, 9.17) is 12.2 Å². The van der Waals surface area contributed by atoms with Gasteiger partial charge in [-0.1, -0.05) is 23.1 Å². The summed E-state index contributed by atoms with van der Waals surface area (Å²) in [6.45, 7) is 1.11. The van der Waals surface area contributed by atoms with Crippen LogP contribution in [0.1, 0.15) is 12.0 Å². The Labute approximate surface area is 134 Å². The van der Waals surface area contributed by atoms with Crippen molar-refractivity contribution in [3.63, 3.8) is 0 Å². The summed E-state index contributed by atoms with van der Waals surface area (Å²) in [5.41, 5.74) is 1.19. The lowest BCUT2D eigenvalue weighted by atomic mass is 10.0. The lowest BCUT2D eigenvalue weighted by Gasteiger charge is -2.31. The molecule has 0 aliphatic carbocycles. The van der Waals surface area contributed by atoms with Crippen LogP contribution in [-0.2, 0) is 13.1 Å². The molecular weight excluding hydrogens is 332 g/mol. The largest absolute Gasteiger partial charge is 0.349 e. The molecule has 0 saturated carbocycles. The second-order valence-electron chi connectivity index (χ2n) is 4.74. The average Bonchev–Trinajstić information content (AvgIpc) is 2.79. The van der Waals surface area contributed by atoms with Crippen molar-refractivity contribution in [2.75, 3.05) is 17.7 Å². The topological polar surface area (TPSA) is 21.1 Å². The zero-order valence-corrected chi connectivity index (χ0v) is 13.8. The van der Waals surface area contributed by atoms with Crippen LogP contribution in [0.15, 0.2) is 16.5 Å². The highest BCUT2D eigenvalue weighted by Gasteiger charge is 2.22. The summed E-state index contributed by atoms with van der Waals surface area (Å²) in [5.74, 6) is -1.04. The van der Waals surface area contributed by atoms with Gasteiger partial charge in [0.15, 0.2) is 8.29 Å². The second-order valence-corrected chi connectivity index (χ2v) is 7.42. The third-order valence-corrected chi connectivity index (χ3v) is 5.65. The standard InChI is InChI=1S/C13H13F2N3S3/c1-20-12-16-18(13(19)21-12)7-17-4-2-3-8-5-9(14)6-10(15)11(8)17/h5-6H,2-4,7H2,1H3. The molecule has 0 saturated heterocycles. The zero-order chi connectivity index (χ0) is 15.0. The van der Waals surface area contributed by atoms with Gasteiger partial charge in [-0.05, 0) is 42.9 Å². The fraction of sp³-hybridized carbons (Fsp3) is 0.385. The third kappa shape index (κ3) is 2.97. The number of aryl methyl sites for hydroxylation is 1. The number of hydrogen-bond donors (Lipinski definition) is 0. The van der Waals surface area contributed by atoms with Crippen molar-refractivity contribution in [3.8, 4) is 0 Å². The van der Waals surface area contributed by atoms with E-state index in [9.17, 15) is 8.78 Å². The van der Waals surface area contributed by atoms with Crippen LogP contribution in [-0.4, -0.2) is 22.6 Å². The number of aromatic nitrogens is 2. The van der Waals surface area contributed by atoms with E-state index < -0.39 is 11.6 Å². The number of hydrogen-bond acceptors (Lipinski definition) is 5. The van der Waals surface area contributed by atoms with Crippen molar-refractivity contribution in [2.45, 2.75) is 23.8 Å². The van der Waals surface area contributed by atoms with E-state index in [1.807, 2.05) is 11.2 Å². The number of anilines is 1. The average molecular weight is 345 g/mol. The van der Waals surface area contributed by atoms with Crippen molar-refractivity contribution in [2.24, 2.45) is 0 Å². The van der Waals surface area contributed by atoms with Crippen molar-refractivity contribution in [3.05, 3.63) is 33.3 Å². The molecule has 0 bridgehead atoms. The van der Waals surface area contributed by atoms with Gasteiger partial charge in [0, 0.05) is 12.6 Å². The van der Waals surface area contributed by atoms with E-state index in [0.717, 1.165) is 16.8 Å². The summed E-state index contributed by atoms with van der Waals surface area (Å²) in [6, 6.07) is 2.35. The van der Waals surface area contributed by atoms with Crippen LogP contribution in [0.2, 0.25) is 0 Å². The van der Waals surface area contributed by atoms with Gasteiger partial charge in [-0.25, -0.2) is 13.5 Å².